The predicted octanol–water partition coefficient (Wildman–Crippen LogP) is 0.792. The van der Waals surface area contributed by atoms with Crippen LogP contribution in [0.25, 0.3) is 0 Å². The number of hydrazine groups is 1. The largest absolute Gasteiger partial charge is 0.463 e. The number of nitrogens with zero attached hydrogens (tertiary/aromatic N) is 4. The summed E-state index contributed by atoms with van der Waals surface area (Å²) < 4.78 is 5.44. The molecular formula is C11H20N6O. The smallest absolute Gasteiger partial charge is 0.323 e. The van der Waals surface area contributed by atoms with Crippen LogP contribution in [0.1, 0.15) is 26.7 Å². The van der Waals surface area contributed by atoms with Crippen molar-refractivity contribution in [3.8, 4) is 6.01 Å². The van der Waals surface area contributed by atoms with E-state index < -0.39 is 0 Å². The molecule has 0 bridgehead atoms. The van der Waals surface area contributed by atoms with Gasteiger partial charge >= 0.3 is 6.01 Å². The molecule has 0 saturated carbocycles. The summed E-state index contributed by atoms with van der Waals surface area (Å²) >= 11 is 0. The van der Waals surface area contributed by atoms with Crippen molar-refractivity contribution >= 4 is 11.9 Å². The molecule has 0 amide bonds. The molecule has 0 aliphatic carbocycles. The highest BCUT2D eigenvalue weighted by Gasteiger charge is 2.22. The van der Waals surface area contributed by atoms with Crippen molar-refractivity contribution in [3.63, 3.8) is 0 Å². The highest BCUT2D eigenvalue weighted by atomic mass is 16.5. The van der Waals surface area contributed by atoms with Gasteiger partial charge in [-0.3, -0.25) is 5.43 Å². The summed E-state index contributed by atoms with van der Waals surface area (Å²) in [6.07, 6.45) is 2.06. The van der Waals surface area contributed by atoms with Gasteiger partial charge in [0.15, 0.2) is 0 Å². The van der Waals surface area contributed by atoms with Crippen LogP contribution in [0.4, 0.5) is 11.9 Å². The van der Waals surface area contributed by atoms with E-state index in [1.54, 1.807) is 0 Å². The predicted molar refractivity (Wildman–Crippen MR) is 69.4 cm³/mol. The molecule has 7 heteroatoms. The average molecular weight is 252 g/mol. The zero-order valence-corrected chi connectivity index (χ0v) is 10.9. The fraction of sp³-hybridized carbons (Fsp3) is 0.727. The minimum Gasteiger partial charge on any atom is -0.463 e. The van der Waals surface area contributed by atoms with Crippen molar-refractivity contribution in [1.82, 2.24) is 15.0 Å². The number of nitrogens with two attached hydrogens (primary N) is 1. The van der Waals surface area contributed by atoms with Gasteiger partial charge in [0.05, 0.1) is 6.61 Å². The van der Waals surface area contributed by atoms with Crippen LogP contribution >= 0.6 is 0 Å². The van der Waals surface area contributed by atoms with Gasteiger partial charge in [0.25, 0.3) is 0 Å². The van der Waals surface area contributed by atoms with E-state index in [-0.39, 0.29) is 0 Å². The third kappa shape index (κ3) is 2.98. The monoisotopic (exact) mass is 252 g/mol. The maximum Gasteiger partial charge on any atom is 0.323 e. The van der Waals surface area contributed by atoms with Crippen LogP contribution in [0.15, 0.2) is 0 Å². The van der Waals surface area contributed by atoms with Gasteiger partial charge in [0.2, 0.25) is 11.9 Å². The molecule has 0 aromatic carbocycles. The molecule has 1 unspecified atom stereocenters. The lowest BCUT2D eigenvalue weighted by atomic mass is 10.2. The molecule has 1 atom stereocenters. The number of nitrogens with one attached hydrogen (secondary N) is 1. The van der Waals surface area contributed by atoms with Gasteiger partial charge in [-0.2, -0.15) is 15.0 Å². The Morgan fingerprint density at radius 1 is 1.44 bits per heavy atom. The fourth-order valence-electron chi connectivity index (χ4n) is 1.93. The van der Waals surface area contributed by atoms with E-state index in [9.17, 15) is 0 Å². The van der Waals surface area contributed by atoms with E-state index >= 15 is 0 Å². The first kappa shape index (κ1) is 12.8. The molecule has 1 fully saturated rings. The second-order valence-corrected chi connectivity index (χ2v) is 4.57. The van der Waals surface area contributed by atoms with E-state index in [0.29, 0.717) is 30.4 Å². The van der Waals surface area contributed by atoms with Crippen LogP contribution in [0, 0.1) is 5.92 Å². The molecule has 18 heavy (non-hydrogen) atoms. The lowest BCUT2D eigenvalue weighted by Gasteiger charge is -2.16. The Labute approximate surface area is 107 Å². The summed E-state index contributed by atoms with van der Waals surface area (Å²) in [5, 5.41) is 0. The Morgan fingerprint density at radius 2 is 2.28 bits per heavy atom. The fourth-order valence-corrected chi connectivity index (χ4v) is 1.93. The molecule has 0 spiro atoms. The minimum absolute atomic E-state index is 0.328. The number of hydrogen-bond donors (Lipinski definition) is 2. The molecule has 2 rings (SSSR count). The Hall–Kier alpha value is -1.63. The maximum atomic E-state index is 5.44. The number of rotatable bonds is 5. The zero-order chi connectivity index (χ0) is 13.0. The lowest BCUT2D eigenvalue weighted by molar-refractivity contribution is 0.292. The Kier molecular flexibility index (Phi) is 4.14. The molecule has 1 aromatic heterocycles. The van der Waals surface area contributed by atoms with Gasteiger partial charge in [0.1, 0.15) is 0 Å². The SMILES string of the molecule is CCCOc1nc(NN)nc(N2CCC(C)C2)n1. The molecule has 100 valence electrons. The Bertz CT molecular complexity index is 399. The first-order valence-corrected chi connectivity index (χ1v) is 6.33. The quantitative estimate of drug-likeness (QED) is 0.591. The normalized spacial score (nSPS) is 19.1. The van der Waals surface area contributed by atoms with Gasteiger partial charge < -0.3 is 9.64 Å². The summed E-state index contributed by atoms with van der Waals surface area (Å²) in [6.45, 7) is 6.76. The molecule has 1 saturated heterocycles. The Balaban J connectivity index is 2.17. The highest BCUT2D eigenvalue weighted by molar-refractivity contribution is 5.38. The minimum atomic E-state index is 0.328. The maximum absolute atomic E-state index is 5.44. The van der Waals surface area contributed by atoms with Crippen molar-refractivity contribution in [2.24, 2.45) is 11.8 Å². The van der Waals surface area contributed by atoms with Crippen LogP contribution in [0.5, 0.6) is 6.01 Å². The molecule has 3 N–H and O–H groups in total. The molecule has 7 nitrogen and oxygen atoms in total. The van der Waals surface area contributed by atoms with E-state index in [0.717, 1.165) is 25.9 Å². The summed E-state index contributed by atoms with van der Waals surface area (Å²) in [4.78, 5) is 14.8. The van der Waals surface area contributed by atoms with Crippen LogP contribution in [-0.4, -0.2) is 34.6 Å². The number of hydrogen-bond acceptors (Lipinski definition) is 7. The summed E-state index contributed by atoms with van der Waals surface area (Å²) in [5.74, 6) is 7.00. The molecule has 1 aliphatic heterocycles. The van der Waals surface area contributed by atoms with Gasteiger partial charge in [-0.15, -0.1) is 0 Å². The summed E-state index contributed by atoms with van der Waals surface area (Å²) in [6, 6.07) is 0.328. The standard InChI is InChI=1S/C11H20N6O/c1-3-6-18-11-14-9(16-12)13-10(15-11)17-5-4-8(2)7-17/h8H,3-7,12H2,1-2H3,(H,13,14,15,16). The van der Waals surface area contributed by atoms with Gasteiger partial charge in [0, 0.05) is 13.1 Å². The molecular weight excluding hydrogens is 232 g/mol. The molecule has 1 aromatic rings. The second kappa shape index (κ2) is 5.81. The van der Waals surface area contributed by atoms with Gasteiger partial charge in [-0.05, 0) is 18.8 Å². The van der Waals surface area contributed by atoms with Crippen LogP contribution < -0.4 is 20.9 Å². The molecule has 2 heterocycles. The van der Waals surface area contributed by atoms with Gasteiger partial charge in [-0.1, -0.05) is 13.8 Å². The van der Waals surface area contributed by atoms with Crippen LogP contribution in [0.3, 0.4) is 0 Å². The lowest BCUT2D eigenvalue weighted by Crippen LogP contribution is -2.23. The number of nitrogen functional groups attached to an aromatic ring is 1. The van der Waals surface area contributed by atoms with Crippen molar-refractivity contribution in [1.29, 1.82) is 0 Å². The summed E-state index contributed by atoms with van der Waals surface area (Å²) in [5.41, 5.74) is 2.45. The van der Waals surface area contributed by atoms with Crippen molar-refractivity contribution in [2.75, 3.05) is 30.0 Å². The number of anilines is 2. The first-order chi connectivity index (χ1) is 8.72. The zero-order valence-electron chi connectivity index (χ0n) is 10.9. The number of aromatic nitrogens is 3. The van der Waals surface area contributed by atoms with Crippen molar-refractivity contribution in [2.45, 2.75) is 26.7 Å². The van der Waals surface area contributed by atoms with Crippen molar-refractivity contribution in [3.05, 3.63) is 0 Å². The third-order valence-corrected chi connectivity index (χ3v) is 2.87. The van der Waals surface area contributed by atoms with E-state index in [1.165, 1.54) is 0 Å². The van der Waals surface area contributed by atoms with E-state index in [1.807, 2.05) is 6.92 Å². The van der Waals surface area contributed by atoms with Crippen LogP contribution in [-0.2, 0) is 0 Å². The molecule has 0 radical (unpaired) electrons. The van der Waals surface area contributed by atoms with E-state index in [4.69, 9.17) is 10.6 Å². The summed E-state index contributed by atoms with van der Waals surface area (Å²) in [7, 11) is 0. The van der Waals surface area contributed by atoms with Crippen molar-refractivity contribution < 1.29 is 4.74 Å². The second-order valence-electron chi connectivity index (χ2n) is 4.57. The topological polar surface area (TPSA) is 89.2 Å². The number of ether oxygens (including phenoxy) is 1. The highest BCUT2D eigenvalue weighted by Crippen LogP contribution is 2.22. The third-order valence-electron chi connectivity index (χ3n) is 2.87. The first-order valence-electron chi connectivity index (χ1n) is 6.33. The Morgan fingerprint density at radius 3 is 2.89 bits per heavy atom. The average Bonchev–Trinajstić information content (AvgIpc) is 2.82. The van der Waals surface area contributed by atoms with Crippen LogP contribution in [0.2, 0.25) is 0 Å². The van der Waals surface area contributed by atoms with Gasteiger partial charge in [-0.25, -0.2) is 5.84 Å². The molecule has 1 aliphatic rings. The van der Waals surface area contributed by atoms with E-state index in [2.05, 4.69) is 32.2 Å².